The van der Waals surface area contributed by atoms with Gasteiger partial charge in [0, 0.05) is 4.47 Å². The van der Waals surface area contributed by atoms with Crippen LogP contribution in [0.3, 0.4) is 0 Å². The van der Waals surface area contributed by atoms with E-state index < -0.39 is 10.8 Å². The molecular weight excluding hydrogens is 310 g/mol. The molecule has 0 aliphatic heterocycles. The smallest absolute Gasteiger partial charge is 0.0668 e. The van der Waals surface area contributed by atoms with Crippen LogP contribution in [0.25, 0.3) is 0 Å². The molecule has 0 N–H and O–H groups in total. The molecule has 1 aromatic carbocycles. The monoisotopic (exact) mass is 325 g/mol. The Labute approximate surface area is 119 Å². The van der Waals surface area contributed by atoms with E-state index in [1.807, 2.05) is 24.3 Å². The molecule has 1 aromatic rings. The number of nitriles is 1. The average molecular weight is 326 g/mol. The Morgan fingerprint density at radius 1 is 1.39 bits per heavy atom. The van der Waals surface area contributed by atoms with E-state index in [0.717, 1.165) is 28.6 Å². The van der Waals surface area contributed by atoms with Gasteiger partial charge in [0.15, 0.2) is 0 Å². The summed E-state index contributed by atoms with van der Waals surface area (Å²) in [5.74, 6) is 0.486. The summed E-state index contributed by atoms with van der Waals surface area (Å²) in [5, 5.41) is 9.19. The zero-order valence-electron chi connectivity index (χ0n) is 10.3. The lowest BCUT2D eigenvalue weighted by atomic mass is 9.83. The summed E-state index contributed by atoms with van der Waals surface area (Å²) < 4.78 is 13.5. The normalized spacial score (nSPS) is 29.5. The second kappa shape index (κ2) is 5.99. The van der Waals surface area contributed by atoms with E-state index in [9.17, 15) is 9.47 Å². The van der Waals surface area contributed by atoms with Gasteiger partial charge >= 0.3 is 0 Å². The summed E-state index contributed by atoms with van der Waals surface area (Å²) in [5.41, 5.74) is 0. The lowest BCUT2D eigenvalue weighted by Gasteiger charge is -2.30. The maximum absolute atomic E-state index is 12.7. The fourth-order valence-electron chi connectivity index (χ4n) is 2.48. The molecule has 4 heteroatoms. The van der Waals surface area contributed by atoms with Crippen LogP contribution in [-0.4, -0.2) is 9.46 Å². The van der Waals surface area contributed by atoms with E-state index in [0.29, 0.717) is 5.92 Å². The van der Waals surface area contributed by atoms with Crippen molar-refractivity contribution in [3.8, 4) is 6.07 Å². The molecule has 1 saturated carbocycles. The molecule has 1 fully saturated rings. The van der Waals surface area contributed by atoms with Gasteiger partial charge in [-0.1, -0.05) is 19.1 Å². The first kappa shape index (κ1) is 13.8. The predicted octanol–water partition coefficient (Wildman–Crippen LogP) is 3.89. The summed E-state index contributed by atoms with van der Waals surface area (Å²) in [4.78, 5) is 0.817. The van der Waals surface area contributed by atoms with Gasteiger partial charge in [0.25, 0.3) is 0 Å². The van der Waals surface area contributed by atoms with Gasteiger partial charge in [-0.05, 0) is 53.2 Å². The highest BCUT2D eigenvalue weighted by molar-refractivity contribution is 9.10. The van der Waals surface area contributed by atoms with Gasteiger partial charge in [-0.2, -0.15) is 5.26 Å². The summed E-state index contributed by atoms with van der Waals surface area (Å²) in [6, 6.07) is 9.93. The van der Waals surface area contributed by atoms with Crippen LogP contribution in [0.5, 0.6) is 0 Å². The highest BCUT2D eigenvalue weighted by atomic mass is 79.9. The summed E-state index contributed by atoms with van der Waals surface area (Å²) in [6.45, 7) is 2.18. The van der Waals surface area contributed by atoms with E-state index in [-0.39, 0.29) is 11.2 Å². The molecule has 0 heterocycles. The van der Waals surface area contributed by atoms with Gasteiger partial charge in [0.05, 0.1) is 32.9 Å². The summed E-state index contributed by atoms with van der Waals surface area (Å²) in [6.07, 6.45) is 2.83. The number of rotatable bonds is 2. The van der Waals surface area contributed by atoms with E-state index in [1.54, 1.807) is 0 Å². The van der Waals surface area contributed by atoms with Crippen LogP contribution in [0.4, 0.5) is 0 Å². The minimum Gasteiger partial charge on any atom is -0.254 e. The molecule has 0 aromatic heterocycles. The fraction of sp³-hybridized carbons (Fsp3) is 0.500. The topological polar surface area (TPSA) is 40.9 Å². The Bertz CT molecular complexity index is 497. The van der Waals surface area contributed by atoms with E-state index >= 15 is 0 Å². The third-order valence-electron chi connectivity index (χ3n) is 3.55. The van der Waals surface area contributed by atoms with Crippen LogP contribution < -0.4 is 0 Å². The van der Waals surface area contributed by atoms with Crippen LogP contribution in [0.1, 0.15) is 26.2 Å². The zero-order valence-corrected chi connectivity index (χ0v) is 12.7. The first-order chi connectivity index (χ1) is 8.63. The van der Waals surface area contributed by atoms with Gasteiger partial charge in [0.2, 0.25) is 0 Å². The minimum atomic E-state index is -1.10. The molecule has 0 radical (unpaired) electrons. The first-order valence-corrected chi connectivity index (χ1v) is 8.18. The lowest BCUT2D eigenvalue weighted by molar-refractivity contribution is 0.341. The van der Waals surface area contributed by atoms with Gasteiger partial charge in [0.1, 0.15) is 0 Å². The van der Waals surface area contributed by atoms with Crippen molar-refractivity contribution < 1.29 is 4.21 Å². The third-order valence-corrected chi connectivity index (χ3v) is 6.36. The quantitative estimate of drug-likeness (QED) is 0.827. The van der Waals surface area contributed by atoms with Crippen molar-refractivity contribution in [1.29, 1.82) is 5.26 Å². The molecule has 1 aliphatic carbocycles. The number of hydrogen-bond acceptors (Lipinski definition) is 2. The van der Waals surface area contributed by atoms with Crippen molar-refractivity contribution in [3.63, 3.8) is 0 Å². The second-order valence-corrected chi connectivity index (χ2v) is 7.41. The molecule has 1 aliphatic rings. The van der Waals surface area contributed by atoms with Crippen molar-refractivity contribution in [2.75, 3.05) is 0 Å². The molecule has 0 saturated heterocycles. The molecule has 0 spiro atoms. The van der Waals surface area contributed by atoms with Crippen molar-refractivity contribution in [1.82, 2.24) is 0 Å². The SMILES string of the molecule is CC1CCC(C#N)C(S(=O)c2ccccc2Br)C1. The highest BCUT2D eigenvalue weighted by Crippen LogP contribution is 2.35. The largest absolute Gasteiger partial charge is 0.254 e. The highest BCUT2D eigenvalue weighted by Gasteiger charge is 2.34. The van der Waals surface area contributed by atoms with Gasteiger partial charge in [-0.3, -0.25) is 4.21 Å². The van der Waals surface area contributed by atoms with Gasteiger partial charge < -0.3 is 0 Å². The van der Waals surface area contributed by atoms with Crippen LogP contribution in [0.15, 0.2) is 33.6 Å². The molecule has 2 nitrogen and oxygen atoms in total. The van der Waals surface area contributed by atoms with Crippen molar-refractivity contribution in [2.24, 2.45) is 11.8 Å². The molecule has 0 bridgehead atoms. The standard InChI is InChI=1S/C14H16BrNOS/c1-10-6-7-11(9-16)14(8-10)18(17)13-5-3-2-4-12(13)15/h2-5,10-11,14H,6-8H2,1H3. The predicted molar refractivity (Wildman–Crippen MR) is 76.5 cm³/mol. The molecule has 0 amide bonds. The van der Waals surface area contributed by atoms with Crippen LogP contribution in [0.2, 0.25) is 0 Å². The molecule has 96 valence electrons. The Kier molecular flexibility index (Phi) is 4.58. The van der Waals surface area contributed by atoms with Crippen LogP contribution >= 0.6 is 15.9 Å². The van der Waals surface area contributed by atoms with E-state index in [1.165, 1.54) is 0 Å². The third kappa shape index (κ3) is 2.84. The number of halogens is 1. The molecule has 4 atom stereocenters. The van der Waals surface area contributed by atoms with Crippen molar-refractivity contribution in [3.05, 3.63) is 28.7 Å². The van der Waals surface area contributed by atoms with Crippen molar-refractivity contribution >= 4 is 26.7 Å². The molecule has 4 unspecified atom stereocenters. The lowest BCUT2D eigenvalue weighted by Crippen LogP contribution is -2.31. The number of hydrogen-bond donors (Lipinski definition) is 0. The van der Waals surface area contributed by atoms with Gasteiger partial charge in [-0.25, -0.2) is 0 Å². The molecular formula is C14H16BrNOS. The zero-order chi connectivity index (χ0) is 13.1. The molecule has 18 heavy (non-hydrogen) atoms. The average Bonchev–Trinajstić information content (AvgIpc) is 2.38. The maximum Gasteiger partial charge on any atom is 0.0668 e. The van der Waals surface area contributed by atoms with Crippen LogP contribution in [-0.2, 0) is 10.8 Å². The van der Waals surface area contributed by atoms with E-state index in [4.69, 9.17) is 0 Å². The van der Waals surface area contributed by atoms with E-state index in [2.05, 4.69) is 28.9 Å². The fourth-order valence-corrected chi connectivity index (χ4v) is 5.05. The van der Waals surface area contributed by atoms with Gasteiger partial charge in [-0.15, -0.1) is 0 Å². The summed E-state index contributed by atoms with van der Waals surface area (Å²) >= 11 is 3.44. The number of nitrogens with zero attached hydrogens (tertiary/aromatic N) is 1. The Hall–Kier alpha value is -0.660. The Balaban J connectivity index is 2.27. The Morgan fingerprint density at radius 3 is 2.78 bits per heavy atom. The molecule has 2 rings (SSSR count). The van der Waals surface area contributed by atoms with Crippen LogP contribution in [0, 0.1) is 23.2 Å². The van der Waals surface area contributed by atoms with Crippen molar-refractivity contribution in [2.45, 2.75) is 36.3 Å². The Morgan fingerprint density at radius 2 is 2.11 bits per heavy atom. The second-order valence-electron chi connectivity index (χ2n) is 4.92. The maximum atomic E-state index is 12.7. The first-order valence-electron chi connectivity index (χ1n) is 6.18. The number of benzene rings is 1. The minimum absolute atomic E-state index is 0.0301. The summed E-state index contributed by atoms with van der Waals surface area (Å²) in [7, 11) is -1.10.